The van der Waals surface area contributed by atoms with Crippen LogP contribution < -0.4 is 5.32 Å². The zero-order valence-electron chi connectivity index (χ0n) is 11.4. The highest BCUT2D eigenvalue weighted by atomic mass is 35.5. The molecule has 1 amide bonds. The molecule has 21 heavy (non-hydrogen) atoms. The topological polar surface area (TPSA) is 29.1 Å². The minimum absolute atomic E-state index is 0.0825. The summed E-state index contributed by atoms with van der Waals surface area (Å²) in [5, 5.41) is 4.51. The van der Waals surface area contributed by atoms with Crippen LogP contribution in [0.15, 0.2) is 42.5 Å². The summed E-state index contributed by atoms with van der Waals surface area (Å²) in [7, 11) is 0. The standard InChI is InChI=1S/C16H14Cl3NO/c1-10(12-3-2-4-13(17)9-12)20-16(21)8-11-5-6-14(18)15(19)7-11/h2-7,9-10H,8H2,1H3,(H,20,21)/t10-/m1/s1. The Morgan fingerprint density at radius 1 is 1.10 bits per heavy atom. The third-order valence-corrected chi connectivity index (χ3v) is 4.05. The van der Waals surface area contributed by atoms with Gasteiger partial charge in [0.1, 0.15) is 0 Å². The number of nitrogens with one attached hydrogen (secondary N) is 1. The van der Waals surface area contributed by atoms with Crippen LogP contribution in [0.3, 0.4) is 0 Å². The van der Waals surface area contributed by atoms with Crippen LogP contribution >= 0.6 is 34.8 Å². The first-order valence-electron chi connectivity index (χ1n) is 6.44. The fraction of sp³-hybridized carbons (Fsp3) is 0.188. The Labute approximate surface area is 139 Å². The second-order valence-corrected chi connectivity index (χ2v) is 6.02. The molecule has 2 aromatic carbocycles. The maximum atomic E-state index is 12.1. The molecule has 0 unspecified atom stereocenters. The van der Waals surface area contributed by atoms with Crippen molar-refractivity contribution in [1.82, 2.24) is 5.32 Å². The van der Waals surface area contributed by atoms with Crippen molar-refractivity contribution in [2.75, 3.05) is 0 Å². The van der Waals surface area contributed by atoms with Crippen molar-refractivity contribution in [2.24, 2.45) is 0 Å². The SMILES string of the molecule is C[C@@H](NC(=O)Cc1ccc(Cl)c(Cl)c1)c1cccc(Cl)c1. The van der Waals surface area contributed by atoms with Gasteiger partial charge < -0.3 is 5.32 Å². The number of carbonyl (C=O) groups is 1. The van der Waals surface area contributed by atoms with Crippen LogP contribution in [-0.2, 0) is 11.2 Å². The van der Waals surface area contributed by atoms with Gasteiger partial charge >= 0.3 is 0 Å². The molecule has 0 spiro atoms. The maximum Gasteiger partial charge on any atom is 0.224 e. The van der Waals surface area contributed by atoms with E-state index in [2.05, 4.69) is 5.32 Å². The molecular formula is C16H14Cl3NO. The summed E-state index contributed by atoms with van der Waals surface area (Å²) < 4.78 is 0. The quantitative estimate of drug-likeness (QED) is 0.826. The van der Waals surface area contributed by atoms with Gasteiger partial charge in [-0.15, -0.1) is 0 Å². The Balaban J connectivity index is 1.99. The van der Waals surface area contributed by atoms with Crippen LogP contribution in [0, 0.1) is 0 Å². The Kier molecular flexibility index (Phi) is 5.51. The van der Waals surface area contributed by atoms with Crippen LogP contribution in [0.1, 0.15) is 24.1 Å². The van der Waals surface area contributed by atoms with E-state index in [4.69, 9.17) is 34.8 Å². The van der Waals surface area contributed by atoms with Gasteiger partial charge in [0.25, 0.3) is 0 Å². The summed E-state index contributed by atoms with van der Waals surface area (Å²) >= 11 is 17.7. The Bertz CT molecular complexity index is 658. The van der Waals surface area contributed by atoms with Crippen LogP contribution in [-0.4, -0.2) is 5.91 Å². The molecule has 0 saturated heterocycles. The predicted molar refractivity (Wildman–Crippen MR) is 88.2 cm³/mol. The molecule has 0 aliphatic rings. The van der Waals surface area contributed by atoms with E-state index in [1.54, 1.807) is 24.3 Å². The number of benzene rings is 2. The van der Waals surface area contributed by atoms with Crippen LogP contribution in [0.4, 0.5) is 0 Å². The van der Waals surface area contributed by atoms with Gasteiger partial charge in [0, 0.05) is 5.02 Å². The van der Waals surface area contributed by atoms with Gasteiger partial charge in [-0.25, -0.2) is 0 Å². The van der Waals surface area contributed by atoms with Crippen LogP contribution in [0.2, 0.25) is 15.1 Å². The van der Waals surface area contributed by atoms with E-state index in [-0.39, 0.29) is 18.4 Å². The molecule has 0 aromatic heterocycles. The van der Waals surface area contributed by atoms with Gasteiger partial charge in [0.2, 0.25) is 5.91 Å². The van der Waals surface area contributed by atoms with Crippen molar-refractivity contribution in [3.8, 4) is 0 Å². The summed E-state index contributed by atoms with van der Waals surface area (Å²) in [6.07, 6.45) is 0.252. The molecule has 0 fully saturated rings. The Hall–Kier alpha value is -1.22. The van der Waals surface area contributed by atoms with Crippen LogP contribution in [0.5, 0.6) is 0 Å². The fourth-order valence-electron chi connectivity index (χ4n) is 1.99. The summed E-state index contributed by atoms with van der Waals surface area (Å²) in [6.45, 7) is 1.92. The second-order valence-electron chi connectivity index (χ2n) is 4.77. The summed E-state index contributed by atoms with van der Waals surface area (Å²) in [6, 6.07) is 12.5. The molecule has 0 aliphatic heterocycles. The molecule has 1 N–H and O–H groups in total. The maximum absolute atomic E-state index is 12.1. The smallest absolute Gasteiger partial charge is 0.224 e. The normalized spacial score (nSPS) is 12.0. The van der Waals surface area contributed by atoms with Gasteiger partial charge in [-0.2, -0.15) is 0 Å². The minimum Gasteiger partial charge on any atom is -0.349 e. The molecule has 5 heteroatoms. The lowest BCUT2D eigenvalue weighted by Gasteiger charge is -2.14. The number of hydrogen-bond donors (Lipinski definition) is 1. The van der Waals surface area contributed by atoms with Crippen molar-refractivity contribution in [3.63, 3.8) is 0 Å². The highest BCUT2D eigenvalue weighted by molar-refractivity contribution is 6.42. The lowest BCUT2D eigenvalue weighted by molar-refractivity contribution is -0.121. The highest BCUT2D eigenvalue weighted by Crippen LogP contribution is 2.23. The molecule has 110 valence electrons. The first-order valence-corrected chi connectivity index (χ1v) is 7.58. The molecule has 2 aromatic rings. The van der Waals surface area contributed by atoms with Gasteiger partial charge in [0.15, 0.2) is 0 Å². The Morgan fingerprint density at radius 3 is 2.52 bits per heavy atom. The molecule has 0 saturated carbocycles. The van der Waals surface area contributed by atoms with Crippen molar-refractivity contribution < 1.29 is 4.79 Å². The molecule has 2 rings (SSSR count). The summed E-state index contributed by atoms with van der Waals surface area (Å²) in [5.74, 6) is -0.0825. The number of hydrogen-bond acceptors (Lipinski definition) is 1. The van der Waals surface area contributed by atoms with E-state index in [0.717, 1.165) is 11.1 Å². The number of halogens is 3. The molecule has 0 bridgehead atoms. The van der Waals surface area contributed by atoms with Gasteiger partial charge in [-0.1, -0.05) is 53.0 Å². The lowest BCUT2D eigenvalue weighted by atomic mass is 10.1. The van der Waals surface area contributed by atoms with Crippen LogP contribution in [0.25, 0.3) is 0 Å². The number of amides is 1. The van der Waals surface area contributed by atoms with Gasteiger partial charge in [-0.05, 0) is 42.3 Å². The largest absolute Gasteiger partial charge is 0.349 e. The van der Waals surface area contributed by atoms with Crippen molar-refractivity contribution in [2.45, 2.75) is 19.4 Å². The third-order valence-electron chi connectivity index (χ3n) is 3.07. The highest BCUT2D eigenvalue weighted by Gasteiger charge is 2.11. The average Bonchev–Trinajstić information content (AvgIpc) is 2.43. The van der Waals surface area contributed by atoms with E-state index in [1.807, 2.05) is 25.1 Å². The number of rotatable bonds is 4. The van der Waals surface area contributed by atoms with E-state index >= 15 is 0 Å². The van der Waals surface area contributed by atoms with Crippen molar-refractivity contribution in [3.05, 3.63) is 68.7 Å². The van der Waals surface area contributed by atoms with E-state index in [9.17, 15) is 4.79 Å². The van der Waals surface area contributed by atoms with E-state index in [1.165, 1.54) is 0 Å². The molecular weight excluding hydrogens is 329 g/mol. The Morgan fingerprint density at radius 2 is 1.86 bits per heavy atom. The monoisotopic (exact) mass is 341 g/mol. The molecule has 0 heterocycles. The molecule has 2 nitrogen and oxygen atoms in total. The van der Waals surface area contributed by atoms with E-state index in [0.29, 0.717) is 15.1 Å². The first kappa shape index (κ1) is 16.2. The average molecular weight is 343 g/mol. The zero-order chi connectivity index (χ0) is 15.4. The van der Waals surface area contributed by atoms with Gasteiger partial charge in [0.05, 0.1) is 22.5 Å². The zero-order valence-corrected chi connectivity index (χ0v) is 13.6. The molecule has 1 atom stereocenters. The second kappa shape index (κ2) is 7.17. The van der Waals surface area contributed by atoms with Crippen molar-refractivity contribution in [1.29, 1.82) is 0 Å². The molecule has 0 radical (unpaired) electrons. The predicted octanol–water partition coefficient (Wildman–Crippen LogP) is 5.07. The first-order chi connectivity index (χ1) is 9.95. The lowest BCUT2D eigenvalue weighted by Crippen LogP contribution is -2.28. The van der Waals surface area contributed by atoms with E-state index < -0.39 is 0 Å². The summed E-state index contributed by atoms with van der Waals surface area (Å²) in [5.41, 5.74) is 1.78. The molecule has 0 aliphatic carbocycles. The minimum atomic E-state index is -0.112. The number of carbonyl (C=O) groups excluding carboxylic acids is 1. The van der Waals surface area contributed by atoms with Crippen molar-refractivity contribution >= 4 is 40.7 Å². The third kappa shape index (κ3) is 4.63. The summed E-state index contributed by atoms with van der Waals surface area (Å²) in [4.78, 5) is 12.1. The fourth-order valence-corrected chi connectivity index (χ4v) is 2.51. The van der Waals surface area contributed by atoms with Gasteiger partial charge in [-0.3, -0.25) is 4.79 Å².